The summed E-state index contributed by atoms with van der Waals surface area (Å²) < 4.78 is 1.04. The van der Waals surface area contributed by atoms with Gasteiger partial charge in [-0.1, -0.05) is 47.4 Å². The van der Waals surface area contributed by atoms with Gasteiger partial charge in [-0.15, -0.1) is 0 Å². The second-order valence-corrected chi connectivity index (χ2v) is 7.15. The molecule has 1 fully saturated rings. The van der Waals surface area contributed by atoms with E-state index in [1.807, 2.05) is 6.07 Å². The molecule has 4 heteroatoms. The normalized spacial score (nSPS) is 22.9. The highest BCUT2D eigenvalue weighted by Gasteiger charge is 2.37. The van der Waals surface area contributed by atoms with E-state index < -0.39 is 0 Å². The van der Waals surface area contributed by atoms with Crippen LogP contribution in [0.4, 0.5) is 0 Å². The number of hydrogen-bond donors (Lipinski definition) is 1. The van der Waals surface area contributed by atoms with Crippen LogP contribution >= 0.6 is 27.5 Å². The molecule has 1 aliphatic rings. The van der Waals surface area contributed by atoms with E-state index in [0.29, 0.717) is 6.04 Å². The van der Waals surface area contributed by atoms with Crippen LogP contribution in [-0.2, 0) is 6.54 Å². The summed E-state index contributed by atoms with van der Waals surface area (Å²) in [4.78, 5) is 2.61. The lowest BCUT2D eigenvalue weighted by molar-refractivity contribution is 0.0278. The predicted molar refractivity (Wildman–Crippen MR) is 90.3 cm³/mol. The Morgan fingerprint density at radius 2 is 2.10 bits per heavy atom. The molecule has 1 heterocycles. The van der Waals surface area contributed by atoms with Gasteiger partial charge in [0.2, 0.25) is 0 Å². The van der Waals surface area contributed by atoms with E-state index in [0.717, 1.165) is 42.0 Å². The van der Waals surface area contributed by atoms with E-state index in [-0.39, 0.29) is 5.54 Å². The zero-order valence-electron chi connectivity index (χ0n) is 12.5. The number of piperazine rings is 1. The number of hydrogen-bond acceptors (Lipinski definition) is 2. The van der Waals surface area contributed by atoms with Gasteiger partial charge in [-0.05, 0) is 37.5 Å². The van der Waals surface area contributed by atoms with Gasteiger partial charge in [0.25, 0.3) is 0 Å². The number of halogens is 2. The first-order chi connectivity index (χ1) is 9.50. The molecule has 1 N–H and O–H groups in total. The van der Waals surface area contributed by atoms with Crippen LogP contribution in [0.1, 0.15) is 39.2 Å². The van der Waals surface area contributed by atoms with Gasteiger partial charge in [0.1, 0.15) is 0 Å². The van der Waals surface area contributed by atoms with Crippen molar-refractivity contribution in [3.05, 3.63) is 33.3 Å². The smallest absolute Gasteiger partial charge is 0.0462 e. The molecule has 1 aliphatic heterocycles. The van der Waals surface area contributed by atoms with E-state index in [1.165, 1.54) is 5.56 Å². The summed E-state index contributed by atoms with van der Waals surface area (Å²) in [6.07, 6.45) is 2.33. The lowest BCUT2D eigenvalue weighted by Crippen LogP contribution is -2.63. The third-order valence-corrected chi connectivity index (χ3v) is 5.48. The largest absolute Gasteiger partial charge is 0.311 e. The van der Waals surface area contributed by atoms with Gasteiger partial charge in [-0.25, -0.2) is 0 Å². The van der Waals surface area contributed by atoms with Crippen LogP contribution in [0.15, 0.2) is 22.7 Å². The molecular weight excluding hydrogens is 336 g/mol. The SMILES string of the molecule is CCC1(CC)CNC(C)CN1Cc1ccc(Br)cc1Cl. The van der Waals surface area contributed by atoms with Gasteiger partial charge < -0.3 is 5.32 Å². The molecule has 112 valence electrons. The lowest BCUT2D eigenvalue weighted by Gasteiger charge is -2.49. The average Bonchev–Trinajstić information content (AvgIpc) is 2.43. The number of rotatable bonds is 4. The summed E-state index contributed by atoms with van der Waals surface area (Å²) in [6, 6.07) is 6.74. The summed E-state index contributed by atoms with van der Waals surface area (Å²) in [7, 11) is 0. The van der Waals surface area contributed by atoms with Gasteiger partial charge in [0, 0.05) is 40.7 Å². The molecule has 1 saturated heterocycles. The Balaban J connectivity index is 2.23. The zero-order valence-corrected chi connectivity index (χ0v) is 14.9. The summed E-state index contributed by atoms with van der Waals surface area (Å²) in [5.41, 5.74) is 1.47. The van der Waals surface area contributed by atoms with Crippen molar-refractivity contribution in [3.63, 3.8) is 0 Å². The van der Waals surface area contributed by atoms with Crippen LogP contribution in [-0.4, -0.2) is 29.6 Å². The third-order valence-electron chi connectivity index (χ3n) is 4.64. The molecule has 1 aromatic carbocycles. The molecule has 0 bridgehead atoms. The summed E-state index contributed by atoms with van der Waals surface area (Å²) in [6.45, 7) is 9.91. The second kappa shape index (κ2) is 6.78. The molecule has 0 saturated carbocycles. The minimum absolute atomic E-state index is 0.253. The Bertz CT molecular complexity index is 460. The Morgan fingerprint density at radius 3 is 2.70 bits per heavy atom. The molecule has 0 spiro atoms. The van der Waals surface area contributed by atoms with Crippen molar-refractivity contribution in [2.24, 2.45) is 0 Å². The maximum atomic E-state index is 6.39. The maximum Gasteiger partial charge on any atom is 0.0462 e. The molecule has 0 aromatic heterocycles. The van der Waals surface area contributed by atoms with E-state index in [9.17, 15) is 0 Å². The van der Waals surface area contributed by atoms with Gasteiger partial charge in [-0.2, -0.15) is 0 Å². The van der Waals surface area contributed by atoms with E-state index >= 15 is 0 Å². The Morgan fingerprint density at radius 1 is 1.40 bits per heavy atom. The van der Waals surface area contributed by atoms with Gasteiger partial charge in [0.15, 0.2) is 0 Å². The molecule has 0 aliphatic carbocycles. The zero-order chi connectivity index (χ0) is 14.8. The molecule has 1 aromatic rings. The van der Waals surface area contributed by atoms with Crippen molar-refractivity contribution in [2.45, 2.75) is 51.7 Å². The highest BCUT2D eigenvalue weighted by Crippen LogP contribution is 2.31. The molecule has 1 atom stereocenters. The van der Waals surface area contributed by atoms with Crippen molar-refractivity contribution in [1.82, 2.24) is 10.2 Å². The van der Waals surface area contributed by atoms with E-state index in [1.54, 1.807) is 0 Å². The second-order valence-electron chi connectivity index (χ2n) is 5.83. The van der Waals surface area contributed by atoms with Crippen molar-refractivity contribution in [1.29, 1.82) is 0 Å². The first kappa shape index (κ1) is 16.3. The molecular formula is C16H24BrClN2. The Hall–Kier alpha value is -0.0900. The first-order valence-electron chi connectivity index (χ1n) is 7.43. The molecule has 20 heavy (non-hydrogen) atoms. The predicted octanol–water partition coefficient (Wildman–Crippen LogP) is 4.46. The first-order valence-corrected chi connectivity index (χ1v) is 8.60. The Labute approximate surface area is 136 Å². The van der Waals surface area contributed by atoms with Crippen LogP contribution in [0.2, 0.25) is 5.02 Å². The topological polar surface area (TPSA) is 15.3 Å². The van der Waals surface area contributed by atoms with Gasteiger partial charge >= 0.3 is 0 Å². The quantitative estimate of drug-likeness (QED) is 0.854. The highest BCUT2D eigenvalue weighted by atomic mass is 79.9. The van der Waals surface area contributed by atoms with Crippen LogP contribution in [0, 0.1) is 0 Å². The molecule has 2 rings (SSSR count). The summed E-state index contributed by atoms with van der Waals surface area (Å²) in [5.74, 6) is 0. The third kappa shape index (κ3) is 3.38. The van der Waals surface area contributed by atoms with E-state index in [2.05, 4.69) is 59.1 Å². The van der Waals surface area contributed by atoms with Crippen LogP contribution < -0.4 is 5.32 Å². The number of benzene rings is 1. The van der Waals surface area contributed by atoms with Crippen molar-refractivity contribution < 1.29 is 0 Å². The van der Waals surface area contributed by atoms with Gasteiger partial charge in [-0.3, -0.25) is 4.90 Å². The standard InChI is InChI=1S/C16H24BrClN2/c1-4-16(5-2)11-19-12(3)9-20(16)10-13-6-7-14(17)8-15(13)18/h6-8,12,19H,4-5,9-11H2,1-3H3. The van der Waals surface area contributed by atoms with E-state index in [4.69, 9.17) is 11.6 Å². The minimum atomic E-state index is 0.253. The maximum absolute atomic E-state index is 6.39. The lowest BCUT2D eigenvalue weighted by atomic mass is 9.87. The number of nitrogens with one attached hydrogen (secondary N) is 1. The Kier molecular flexibility index (Phi) is 5.52. The molecule has 1 unspecified atom stereocenters. The number of nitrogens with zero attached hydrogens (tertiary/aromatic N) is 1. The van der Waals surface area contributed by atoms with Crippen molar-refractivity contribution >= 4 is 27.5 Å². The molecule has 0 amide bonds. The van der Waals surface area contributed by atoms with Crippen molar-refractivity contribution in [3.8, 4) is 0 Å². The summed E-state index contributed by atoms with van der Waals surface area (Å²) in [5, 5.41) is 4.49. The summed E-state index contributed by atoms with van der Waals surface area (Å²) >= 11 is 9.87. The molecule has 0 radical (unpaired) electrons. The van der Waals surface area contributed by atoms with Crippen LogP contribution in [0.5, 0.6) is 0 Å². The molecule has 2 nitrogen and oxygen atoms in total. The average molecular weight is 360 g/mol. The minimum Gasteiger partial charge on any atom is -0.311 e. The van der Waals surface area contributed by atoms with Crippen LogP contribution in [0.25, 0.3) is 0 Å². The highest BCUT2D eigenvalue weighted by molar-refractivity contribution is 9.10. The van der Waals surface area contributed by atoms with Crippen LogP contribution in [0.3, 0.4) is 0 Å². The monoisotopic (exact) mass is 358 g/mol. The van der Waals surface area contributed by atoms with Crippen molar-refractivity contribution in [2.75, 3.05) is 13.1 Å². The fourth-order valence-corrected chi connectivity index (χ4v) is 3.83. The fraction of sp³-hybridized carbons (Fsp3) is 0.625. The van der Waals surface area contributed by atoms with Gasteiger partial charge in [0.05, 0.1) is 0 Å². The fourth-order valence-electron chi connectivity index (χ4n) is 3.10.